The van der Waals surface area contributed by atoms with Gasteiger partial charge in [0.15, 0.2) is 5.78 Å². The minimum Gasteiger partial charge on any atom is -0.294 e. The Bertz CT molecular complexity index is 432. The summed E-state index contributed by atoms with van der Waals surface area (Å²) in [5.41, 5.74) is 0.478. The molecule has 0 amide bonds. The lowest BCUT2D eigenvalue weighted by molar-refractivity contribution is -0.138. The molecule has 0 fully saturated rings. The van der Waals surface area contributed by atoms with Gasteiger partial charge in [-0.05, 0) is 36.6 Å². The molecule has 1 aliphatic rings. The Morgan fingerprint density at radius 3 is 2.47 bits per heavy atom. The smallest absolute Gasteiger partial charge is 0.294 e. The fourth-order valence-corrected chi connectivity index (χ4v) is 1.91. The molecule has 0 radical (unpaired) electrons. The molecule has 2 rings (SSSR count). The molecule has 0 unspecified atom stereocenters. The number of halogens is 3. The van der Waals surface area contributed by atoms with Crippen molar-refractivity contribution in [2.45, 2.75) is 25.9 Å². The van der Waals surface area contributed by atoms with E-state index >= 15 is 0 Å². The second-order valence-corrected chi connectivity index (χ2v) is 3.75. The van der Waals surface area contributed by atoms with Crippen LogP contribution in [0.15, 0.2) is 12.1 Å². The van der Waals surface area contributed by atoms with E-state index in [1.165, 1.54) is 13.0 Å². The zero-order valence-electron chi connectivity index (χ0n) is 8.11. The summed E-state index contributed by atoms with van der Waals surface area (Å²) in [4.78, 5) is 11.3. The standard InChI is InChI=1S/C11H9F3O/c1-6-4-8-7(2-3-10(8)15)5-9(6)11(12,13)14/h4-5H,2-3H2,1H3. The number of carbonyl (C=O) groups excluding carboxylic acids is 1. The number of rotatable bonds is 0. The lowest BCUT2D eigenvalue weighted by Crippen LogP contribution is -2.09. The van der Waals surface area contributed by atoms with E-state index in [1.807, 2.05) is 0 Å². The van der Waals surface area contributed by atoms with Crippen LogP contribution in [0.3, 0.4) is 0 Å². The van der Waals surface area contributed by atoms with E-state index in [2.05, 4.69) is 0 Å². The van der Waals surface area contributed by atoms with Gasteiger partial charge in [-0.2, -0.15) is 13.2 Å². The van der Waals surface area contributed by atoms with Gasteiger partial charge < -0.3 is 0 Å². The van der Waals surface area contributed by atoms with E-state index in [0.29, 0.717) is 24.0 Å². The lowest BCUT2D eigenvalue weighted by atomic mass is 10.0. The van der Waals surface area contributed by atoms with Crippen LogP contribution in [0.1, 0.15) is 33.5 Å². The van der Waals surface area contributed by atoms with Crippen molar-refractivity contribution in [3.8, 4) is 0 Å². The number of carbonyl (C=O) groups is 1. The van der Waals surface area contributed by atoms with Crippen molar-refractivity contribution >= 4 is 5.78 Å². The molecule has 0 atom stereocenters. The summed E-state index contributed by atoms with van der Waals surface area (Å²) in [5.74, 6) is -0.0539. The average molecular weight is 214 g/mol. The zero-order valence-corrected chi connectivity index (χ0v) is 8.11. The number of Topliss-reactive ketones (excluding diaryl/α,β-unsaturated/α-hetero) is 1. The van der Waals surface area contributed by atoms with Crippen LogP contribution < -0.4 is 0 Å². The average Bonchev–Trinajstić information content (AvgIpc) is 2.45. The first-order chi connectivity index (χ1) is 6.89. The van der Waals surface area contributed by atoms with Gasteiger partial charge in [0.2, 0.25) is 0 Å². The van der Waals surface area contributed by atoms with E-state index in [1.54, 1.807) is 0 Å². The third-order valence-electron chi connectivity index (χ3n) is 2.68. The van der Waals surface area contributed by atoms with Gasteiger partial charge in [0.25, 0.3) is 0 Å². The summed E-state index contributed by atoms with van der Waals surface area (Å²) in [7, 11) is 0. The van der Waals surface area contributed by atoms with Gasteiger partial charge >= 0.3 is 6.18 Å². The minimum atomic E-state index is -4.33. The van der Waals surface area contributed by atoms with Crippen molar-refractivity contribution in [3.63, 3.8) is 0 Å². The predicted octanol–water partition coefficient (Wildman–Crippen LogP) is 3.14. The van der Waals surface area contributed by atoms with Gasteiger partial charge in [-0.25, -0.2) is 0 Å². The monoisotopic (exact) mass is 214 g/mol. The van der Waals surface area contributed by atoms with E-state index in [-0.39, 0.29) is 11.3 Å². The largest absolute Gasteiger partial charge is 0.416 e. The maximum atomic E-state index is 12.5. The molecule has 0 spiro atoms. The topological polar surface area (TPSA) is 17.1 Å². The van der Waals surface area contributed by atoms with Crippen molar-refractivity contribution in [2.24, 2.45) is 0 Å². The first-order valence-corrected chi connectivity index (χ1v) is 4.63. The number of alkyl halides is 3. The Balaban J connectivity index is 2.59. The van der Waals surface area contributed by atoms with Gasteiger partial charge in [0, 0.05) is 12.0 Å². The van der Waals surface area contributed by atoms with E-state index in [4.69, 9.17) is 0 Å². The second kappa shape index (κ2) is 3.08. The molecule has 15 heavy (non-hydrogen) atoms. The fraction of sp³-hybridized carbons (Fsp3) is 0.364. The molecule has 0 saturated heterocycles. The van der Waals surface area contributed by atoms with Gasteiger partial charge in [-0.15, -0.1) is 0 Å². The van der Waals surface area contributed by atoms with Crippen LogP contribution in [0.25, 0.3) is 0 Å². The molecule has 1 aromatic rings. The first-order valence-electron chi connectivity index (χ1n) is 4.63. The number of hydrogen-bond acceptors (Lipinski definition) is 1. The van der Waals surface area contributed by atoms with Gasteiger partial charge in [0.05, 0.1) is 5.56 Å². The van der Waals surface area contributed by atoms with Crippen LogP contribution in [0.2, 0.25) is 0 Å². The van der Waals surface area contributed by atoms with E-state index in [9.17, 15) is 18.0 Å². The number of fused-ring (bicyclic) bond motifs is 1. The number of ketones is 1. The molecule has 1 aromatic carbocycles. The highest BCUT2D eigenvalue weighted by molar-refractivity contribution is 6.00. The first kappa shape index (κ1) is 10.2. The van der Waals surface area contributed by atoms with Gasteiger partial charge in [-0.1, -0.05) is 0 Å². The molecule has 0 bridgehead atoms. The Hall–Kier alpha value is -1.32. The van der Waals surface area contributed by atoms with Crippen molar-refractivity contribution < 1.29 is 18.0 Å². The maximum Gasteiger partial charge on any atom is 0.416 e. The van der Waals surface area contributed by atoms with Crippen LogP contribution in [0.5, 0.6) is 0 Å². The number of benzene rings is 1. The van der Waals surface area contributed by atoms with Crippen molar-refractivity contribution in [1.29, 1.82) is 0 Å². The number of hydrogen-bond donors (Lipinski definition) is 0. The molecule has 4 heteroatoms. The molecule has 1 aliphatic carbocycles. The van der Waals surface area contributed by atoms with Crippen LogP contribution in [0, 0.1) is 6.92 Å². The van der Waals surface area contributed by atoms with E-state index in [0.717, 1.165) is 6.07 Å². The maximum absolute atomic E-state index is 12.5. The van der Waals surface area contributed by atoms with Crippen LogP contribution in [-0.4, -0.2) is 5.78 Å². The SMILES string of the molecule is Cc1cc2c(cc1C(F)(F)F)CCC2=O. The molecule has 0 heterocycles. The van der Waals surface area contributed by atoms with Crippen LogP contribution >= 0.6 is 0 Å². The van der Waals surface area contributed by atoms with Gasteiger partial charge in [0.1, 0.15) is 0 Å². The van der Waals surface area contributed by atoms with Crippen molar-refractivity contribution in [3.05, 3.63) is 34.4 Å². The molecular formula is C11H9F3O. The molecule has 0 aliphatic heterocycles. The Kier molecular flexibility index (Phi) is 2.10. The Morgan fingerprint density at radius 2 is 1.87 bits per heavy atom. The Morgan fingerprint density at radius 1 is 1.20 bits per heavy atom. The third-order valence-corrected chi connectivity index (χ3v) is 2.68. The summed E-state index contributed by atoms with van der Waals surface area (Å²) in [5, 5.41) is 0. The van der Waals surface area contributed by atoms with Crippen molar-refractivity contribution in [1.82, 2.24) is 0 Å². The summed E-state index contributed by atoms with van der Waals surface area (Å²) < 4.78 is 37.6. The summed E-state index contributed by atoms with van der Waals surface area (Å²) in [6.07, 6.45) is -3.57. The zero-order chi connectivity index (χ0) is 11.2. The Labute approximate surface area is 84.9 Å². The fourth-order valence-electron chi connectivity index (χ4n) is 1.91. The molecular weight excluding hydrogens is 205 g/mol. The highest BCUT2D eigenvalue weighted by Gasteiger charge is 2.34. The van der Waals surface area contributed by atoms with E-state index < -0.39 is 11.7 Å². The third kappa shape index (κ3) is 1.64. The van der Waals surface area contributed by atoms with Crippen LogP contribution in [-0.2, 0) is 12.6 Å². The molecule has 80 valence electrons. The molecule has 0 aromatic heterocycles. The molecule has 0 N–H and O–H groups in total. The van der Waals surface area contributed by atoms with Crippen molar-refractivity contribution in [2.75, 3.05) is 0 Å². The second-order valence-electron chi connectivity index (χ2n) is 3.75. The predicted molar refractivity (Wildman–Crippen MR) is 48.8 cm³/mol. The molecule has 0 saturated carbocycles. The van der Waals surface area contributed by atoms with Gasteiger partial charge in [-0.3, -0.25) is 4.79 Å². The summed E-state index contributed by atoms with van der Waals surface area (Å²) in [6, 6.07) is 2.46. The summed E-state index contributed by atoms with van der Waals surface area (Å²) in [6.45, 7) is 1.38. The highest BCUT2D eigenvalue weighted by Crippen LogP contribution is 2.35. The lowest BCUT2D eigenvalue weighted by Gasteiger charge is -2.11. The molecule has 1 nitrogen and oxygen atoms in total. The normalized spacial score (nSPS) is 15.6. The minimum absolute atomic E-state index is 0.0539. The number of aryl methyl sites for hydroxylation is 2. The summed E-state index contributed by atoms with van der Waals surface area (Å²) >= 11 is 0. The highest BCUT2D eigenvalue weighted by atomic mass is 19.4. The quantitative estimate of drug-likeness (QED) is 0.648. The van der Waals surface area contributed by atoms with Crippen LogP contribution in [0.4, 0.5) is 13.2 Å².